The van der Waals surface area contributed by atoms with E-state index < -0.39 is 0 Å². The molecule has 2 heterocycles. The van der Waals surface area contributed by atoms with Crippen molar-refractivity contribution in [3.05, 3.63) is 41.6 Å². The SMILES string of the molecule is Cc1ccc(Nc2nccc(N3CCCC3)n2)c(C)c1. The fourth-order valence-corrected chi connectivity index (χ4v) is 2.61. The van der Waals surface area contributed by atoms with Crippen LogP contribution in [0.15, 0.2) is 30.5 Å². The predicted molar refractivity (Wildman–Crippen MR) is 82.7 cm³/mol. The number of benzene rings is 1. The maximum atomic E-state index is 4.62. The average molecular weight is 268 g/mol. The minimum absolute atomic E-state index is 0.668. The number of hydrogen-bond donors (Lipinski definition) is 1. The van der Waals surface area contributed by atoms with E-state index in [1.54, 1.807) is 0 Å². The number of aryl methyl sites for hydroxylation is 2. The van der Waals surface area contributed by atoms with Crippen LogP contribution in [-0.4, -0.2) is 23.1 Å². The highest BCUT2D eigenvalue weighted by atomic mass is 15.2. The van der Waals surface area contributed by atoms with Crippen molar-refractivity contribution >= 4 is 17.5 Å². The highest BCUT2D eigenvalue weighted by molar-refractivity contribution is 5.59. The zero-order chi connectivity index (χ0) is 13.9. The molecule has 0 spiro atoms. The van der Waals surface area contributed by atoms with Gasteiger partial charge in [-0.15, -0.1) is 0 Å². The Morgan fingerprint density at radius 2 is 1.90 bits per heavy atom. The molecule has 0 bridgehead atoms. The molecule has 0 atom stereocenters. The van der Waals surface area contributed by atoms with Crippen LogP contribution in [0.25, 0.3) is 0 Å². The van der Waals surface area contributed by atoms with Crippen molar-refractivity contribution in [3.8, 4) is 0 Å². The van der Waals surface area contributed by atoms with Gasteiger partial charge in [0.15, 0.2) is 0 Å². The molecule has 1 aromatic heterocycles. The Morgan fingerprint density at radius 1 is 1.10 bits per heavy atom. The van der Waals surface area contributed by atoms with Crippen molar-refractivity contribution < 1.29 is 0 Å². The van der Waals surface area contributed by atoms with Crippen molar-refractivity contribution in [2.75, 3.05) is 23.3 Å². The summed E-state index contributed by atoms with van der Waals surface area (Å²) in [4.78, 5) is 11.3. The Balaban J connectivity index is 1.81. The van der Waals surface area contributed by atoms with Crippen LogP contribution in [0.4, 0.5) is 17.5 Å². The maximum Gasteiger partial charge on any atom is 0.229 e. The van der Waals surface area contributed by atoms with Crippen molar-refractivity contribution in [1.82, 2.24) is 9.97 Å². The van der Waals surface area contributed by atoms with Gasteiger partial charge in [-0.25, -0.2) is 4.98 Å². The standard InChI is InChI=1S/C16H20N4/c1-12-5-6-14(13(2)11-12)18-16-17-8-7-15(19-16)20-9-3-4-10-20/h5-8,11H,3-4,9-10H2,1-2H3,(H,17,18,19). The van der Waals surface area contributed by atoms with Crippen LogP contribution in [0.3, 0.4) is 0 Å². The zero-order valence-corrected chi connectivity index (χ0v) is 12.1. The average Bonchev–Trinajstić information content (AvgIpc) is 2.96. The molecular formula is C16H20N4. The maximum absolute atomic E-state index is 4.62. The molecule has 4 nitrogen and oxygen atoms in total. The third kappa shape index (κ3) is 2.74. The van der Waals surface area contributed by atoms with Gasteiger partial charge in [0, 0.05) is 25.0 Å². The van der Waals surface area contributed by atoms with E-state index in [1.807, 2.05) is 12.3 Å². The smallest absolute Gasteiger partial charge is 0.229 e. The highest BCUT2D eigenvalue weighted by Crippen LogP contribution is 2.22. The minimum atomic E-state index is 0.668. The van der Waals surface area contributed by atoms with E-state index in [0.29, 0.717) is 5.95 Å². The number of aromatic nitrogens is 2. The second-order valence-corrected chi connectivity index (χ2v) is 5.38. The summed E-state index contributed by atoms with van der Waals surface area (Å²) in [7, 11) is 0. The summed E-state index contributed by atoms with van der Waals surface area (Å²) in [6.07, 6.45) is 4.33. The first-order chi connectivity index (χ1) is 9.72. The molecule has 0 aliphatic carbocycles. The topological polar surface area (TPSA) is 41.1 Å². The van der Waals surface area contributed by atoms with Gasteiger partial charge in [-0.05, 0) is 44.4 Å². The van der Waals surface area contributed by atoms with E-state index >= 15 is 0 Å². The Hall–Kier alpha value is -2.10. The molecule has 2 aromatic rings. The zero-order valence-electron chi connectivity index (χ0n) is 12.1. The van der Waals surface area contributed by atoms with Gasteiger partial charge in [-0.2, -0.15) is 4.98 Å². The van der Waals surface area contributed by atoms with Crippen LogP contribution in [0, 0.1) is 13.8 Å². The van der Waals surface area contributed by atoms with Crippen molar-refractivity contribution in [2.45, 2.75) is 26.7 Å². The van der Waals surface area contributed by atoms with E-state index in [2.05, 4.69) is 52.2 Å². The number of nitrogens with one attached hydrogen (secondary N) is 1. The second kappa shape index (κ2) is 5.49. The first-order valence-corrected chi connectivity index (χ1v) is 7.15. The third-order valence-electron chi connectivity index (χ3n) is 3.70. The molecule has 1 fully saturated rings. The predicted octanol–water partition coefficient (Wildman–Crippen LogP) is 3.44. The van der Waals surface area contributed by atoms with Crippen LogP contribution in [0.5, 0.6) is 0 Å². The normalized spacial score (nSPS) is 14.6. The minimum Gasteiger partial charge on any atom is -0.356 e. The molecule has 1 saturated heterocycles. The molecule has 20 heavy (non-hydrogen) atoms. The molecule has 0 radical (unpaired) electrons. The van der Waals surface area contributed by atoms with E-state index in [1.165, 1.54) is 24.0 Å². The lowest BCUT2D eigenvalue weighted by Gasteiger charge is -2.17. The summed E-state index contributed by atoms with van der Waals surface area (Å²) in [6, 6.07) is 8.32. The number of rotatable bonds is 3. The number of nitrogens with zero attached hydrogens (tertiary/aromatic N) is 3. The van der Waals surface area contributed by atoms with Crippen LogP contribution in [0.1, 0.15) is 24.0 Å². The third-order valence-corrected chi connectivity index (χ3v) is 3.70. The summed E-state index contributed by atoms with van der Waals surface area (Å²) in [6.45, 7) is 6.39. The van der Waals surface area contributed by atoms with E-state index in [0.717, 1.165) is 24.6 Å². The molecule has 1 aliphatic rings. The quantitative estimate of drug-likeness (QED) is 0.926. The van der Waals surface area contributed by atoms with Gasteiger partial charge in [0.2, 0.25) is 5.95 Å². The van der Waals surface area contributed by atoms with Crippen LogP contribution in [0.2, 0.25) is 0 Å². The largest absolute Gasteiger partial charge is 0.356 e. The molecule has 1 N–H and O–H groups in total. The molecular weight excluding hydrogens is 248 g/mol. The summed E-state index contributed by atoms with van der Waals surface area (Å²) in [5.74, 6) is 1.69. The number of anilines is 3. The molecule has 4 heteroatoms. The Kier molecular flexibility index (Phi) is 3.54. The first-order valence-electron chi connectivity index (χ1n) is 7.15. The van der Waals surface area contributed by atoms with E-state index in [4.69, 9.17) is 0 Å². The van der Waals surface area contributed by atoms with Crippen LogP contribution >= 0.6 is 0 Å². The van der Waals surface area contributed by atoms with Gasteiger partial charge >= 0.3 is 0 Å². The molecule has 0 saturated carbocycles. The summed E-state index contributed by atoms with van der Waals surface area (Å²) >= 11 is 0. The van der Waals surface area contributed by atoms with E-state index in [9.17, 15) is 0 Å². The molecule has 104 valence electrons. The highest BCUT2D eigenvalue weighted by Gasteiger charge is 2.14. The molecule has 1 aliphatic heterocycles. The first kappa shape index (κ1) is 12.9. The van der Waals surface area contributed by atoms with Gasteiger partial charge < -0.3 is 10.2 Å². The molecule has 0 unspecified atom stereocenters. The molecule has 3 rings (SSSR count). The summed E-state index contributed by atoms with van der Waals surface area (Å²) < 4.78 is 0. The Bertz CT molecular complexity index is 603. The second-order valence-electron chi connectivity index (χ2n) is 5.38. The monoisotopic (exact) mass is 268 g/mol. The van der Waals surface area contributed by atoms with Gasteiger partial charge in [-0.1, -0.05) is 17.7 Å². The Morgan fingerprint density at radius 3 is 2.65 bits per heavy atom. The van der Waals surface area contributed by atoms with Crippen molar-refractivity contribution in [1.29, 1.82) is 0 Å². The summed E-state index contributed by atoms with van der Waals surface area (Å²) in [5, 5.41) is 3.31. The molecule has 0 amide bonds. The fourth-order valence-electron chi connectivity index (χ4n) is 2.61. The lowest BCUT2D eigenvalue weighted by atomic mass is 10.1. The number of hydrogen-bond acceptors (Lipinski definition) is 4. The lowest BCUT2D eigenvalue weighted by Crippen LogP contribution is -2.19. The van der Waals surface area contributed by atoms with Gasteiger partial charge in [0.25, 0.3) is 0 Å². The lowest BCUT2D eigenvalue weighted by molar-refractivity contribution is 0.930. The summed E-state index contributed by atoms with van der Waals surface area (Å²) in [5.41, 5.74) is 3.54. The van der Waals surface area contributed by atoms with Crippen LogP contribution in [-0.2, 0) is 0 Å². The van der Waals surface area contributed by atoms with Gasteiger partial charge in [0.05, 0.1) is 0 Å². The Labute approximate surface area is 119 Å². The van der Waals surface area contributed by atoms with Crippen LogP contribution < -0.4 is 10.2 Å². The van der Waals surface area contributed by atoms with Gasteiger partial charge in [-0.3, -0.25) is 0 Å². The fraction of sp³-hybridized carbons (Fsp3) is 0.375. The van der Waals surface area contributed by atoms with Crippen molar-refractivity contribution in [2.24, 2.45) is 0 Å². The van der Waals surface area contributed by atoms with Crippen molar-refractivity contribution in [3.63, 3.8) is 0 Å². The van der Waals surface area contributed by atoms with E-state index in [-0.39, 0.29) is 0 Å². The van der Waals surface area contributed by atoms with Gasteiger partial charge in [0.1, 0.15) is 5.82 Å². The molecule has 1 aromatic carbocycles.